The lowest BCUT2D eigenvalue weighted by Gasteiger charge is -2.16. The Hall–Kier alpha value is -2.27. The smallest absolute Gasteiger partial charge is 0.250 e. The van der Waals surface area contributed by atoms with Gasteiger partial charge in [0.15, 0.2) is 5.96 Å². The zero-order valence-electron chi connectivity index (χ0n) is 16.5. The number of rotatable bonds is 9. The first-order valence-corrected chi connectivity index (χ1v) is 10.4. The Labute approximate surface area is 171 Å². The van der Waals surface area contributed by atoms with Gasteiger partial charge >= 0.3 is 0 Å². The Bertz CT molecular complexity index is 857. The molecule has 0 radical (unpaired) electrons. The molecule has 1 aromatic heterocycles. The number of guanidine groups is 1. The second kappa shape index (κ2) is 9.78. The summed E-state index contributed by atoms with van der Waals surface area (Å²) in [6, 6.07) is 13.4. The van der Waals surface area contributed by atoms with Crippen LogP contribution in [0.3, 0.4) is 0 Å². The first-order chi connectivity index (χ1) is 13.6. The van der Waals surface area contributed by atoms with Gasteiger partial charge in [-0.2, -0.15) is 0 Å². The van der Waals surface area contributed by atoms with Crippen LogP contribution in [-0.2, 0) is 12.0 Å². The molecule has 0 aliphatic heterocycles. The van der Waals surface area contributed by atoms with E-state index in [4.69, 9.17) is 16.6 Å². The molecule has 2 aromatic rings. The summed E-state index contributed by atoms with van der Waals surface area (Å²) in [4.78, 5) is 16.5. The number of nitrogens with one attached hydrogen (secondary N) is 2. The van der Waals surface area contributed by atoms with Crippen molar-refractivity contribution in [3.63, 3.8) is 0 Å². The van der Waals surface area contributed by atoms with Gasteiger partial charge in [0.25, 0.3) is 0 Å². The van der Waals surface area contributed by atoms with Gasteiger partial charge in [-0.3, -0.25) is 9.79 Å². The van der Waals surface area contributed by atoms with Gasteiger partial charge < -0.3 is 15.2 Å². The van der Waals surface area contributed by atoms with Crippen LogP contribution in [0.1, 0.15) is 38.2 Å². The minimum absolute atomic E-state index is 0.0566. The topological polar surface area (TPSA) is 58.4 Å². The number of hydrogen-bond acceptors (Lipinski definition) is 2. The van der Waals surface area contributed by atoms with Gasteiger partial charge in [0.2, 0.25) is 5.56 Å². The van der Waals surface area contributed by atoms with Gasteiger partial charge in [-0.1, -0.05) is 29.8 Å². The SMILES string of the molecule is CCNC(=NCC1(c2cccc(Cl)c2)CC1)NCCCCn1ccccc1=O. The summed E-state index contributed by atoms with van der Waals surface area (Å²) < 4.78 is 1.75. The number of halogens is 1. The molecule has 0 saturated heterocycles. The van der Waals surface area contributed by atoms with Crippen LogP contribution < -0.4 is 16.2 Å². The molecule has 0 bridgehead atoms. The molecule has 2 N–H and O–H groups in total. The molecule has 5 nitrogen and oxygen atoms in total. The van der Waals surface area contributed by atoms with Crippen LogP contribution in [-0.4, -0.2) is 30.2 Å². The molecule has 1 saturated carbocycles. The third kappa shape index (κ3) is 5.61. The zero-order valence-corrected chi connectivity index (χ0v) is 17.2. The van der Waals surface area contributed by atoms with Crippen molar-refractivity contribution < 1.29 is 0 Å². The Balaban J connectivity index is 1.48. The summed E-state index contributed by atoms with van der Waals surface area (Å²) in [7, 11) is 0. The van der Waals surface area contributed by atoms with E-state index in [1.807, 2.05) is 24.4 Å². The second-order valence-corrected chi connectivity index (χ2v) is 7.79. The Morgan fingerprint density at radius 3 is 2.75 bits per heavy atom. The van der Waals surface area contributed by atoms with Crippen LogP contribution in [0.15, 0.2) is 58.4 Å². The summed E-state index contributed by atoms with van der Waals surface area (Å²) in [6.45, 7) is 5.24. The third-order valence-electron chi connectivity index (χ3n) is 5.19. The molecule has 28 heavy (non-hydrogen) atoms. The fourth-order valence-electron chi connectivity index (χ4n) is 3.34. The van der Waals surface area contributed by atoms with E-state index in [9.17, 15) is 4.79 Å². The van der Waals surface area contributed by atoms with Crippen LogP contribution >= 0.6 is 11.6 Å². The third-order valence-corrected chi connectivity index (χ3v) is 5.43. The number of pyridine rings is 1. The van der Waals surface area contributed by atoms with Crippen LogP contribution in [0.2, 0.25) is 5.02 Å². The fourth-order valence-corrected chi connectivity index (χ4v) is 3.53. The van der Waals surface area contributed by atoms with E-state index in [2.05, 4.69) is 29.7 Å². The van der Waals surface area contributed by atoms with E-state index in [0.717, 1.165) is 62.8 Å². The lowest BCUT2D eigenvalue weighted by atomic mass is 9.96. The minimum atomic E-state index is 0.0566. The number of aromatic nitrogens is 1. The number of hydrogen-bond donors (Lipinski definition) is 2. The summed E-state index contributed by atoms with van der Waals surface area (Å²) in [5, 5.41) is 7.52. The number of unbranched alkanes of at least 4 members (excludes halogenated alkanes) is 1. The van der Waals surface area contributed by atoms with Crippen molar-refractivity contribution in [2.24, 2.45) is 4.99 Å². The van der Waals surface area contributed by atoms with Gasteiger partial charge in [0, 0.05) is 42.3 Å². The predicted molar refractivity (Wildman–Crippen MR) is 116 cm³/mol. The second-order valence-electron chi connectivity index (χ2n) is 7.35. The Kier molecular flexibility index (Phi) is 7.15. The number of benzene rings is 1. The van der Waals surface area contributed by atoms with Crippen molar-refractivity contribution >= 4 is 17.6 Å². The van der Waals surface area contributed by atoms with E-state index in [0.29, 0.717) is 0 Å². The van der Waals surface area contributed by atoms with Crippen LogP contribution in [0, 0.1) is 0 Å². The molecule has 0 atom stereocenters. The summed E-state index contributed by atoms with van der Waals surface area (Å²) in [6.07, 6.45) is 6.07. The van der Waals surface area contributed by atoms with Gasteiger partial charge in [-0.15, -0.1) is 0 Å². The molecule has 150 valence electrons. The standard InChI is InChI=1S/C22H29ClN4O/c1-2-24-21(25-13-4-6-15-27-14-5-3-10-20(27)28)26-17-22(11-12-22)18-8-7-9-19(23)16-18/h3,5,7-10,14,16H,2,4,6,11-13,15,17H2,1H3,(H2,24,25,26). The molecule has 6 heteroatoms. The lowest BCUT2D eigenvalue weighted by Crippen LogP contribution is -2.38. The van der Waals surface area contributed by atoms with Gasteiger partial charge in [0.1, 0.15) is 0 Å². The molecular weight excluding hydrogens is 372 g/mol. The summed E-state index contributed by atoms with van der Waals surface area (Å²) in [5.74, 6) is 0.854. The molecule has 1 aliphatic rings. The number of aliphatic imine (C=N–C) groups is 1. The molecule has 1 aliphatic carbocycles. The van der Waals surface area contributed by atoms with Gasteiger partial charge in [-0.25, -0.2) is 0 Å². The highest BCUT2D eigenvalue weighted by molar-refractivity contribution is 6.30. The highest BCUT2D eigenvalue weighted by atomic mass is 35.5. The van der Waals surface area contributed by atoms with Crippen LogP contribution in [0.25, 0.3) is 0 Å². The summed E-state index contributed by atoms with van der Waals surface area (Å²) >= 11 is 6.16. The van der Waals surface area contributed by atoms with E-state index in [1.165, 1.54) is 5.56 Å². The number of aryl methyl sites for hydroxylation is 1. The maximum atomic E-state index is 11.7. The number of nitrogens with zero attached hydrogens (tertiary/aromatic N) is 2. The van der Waals surface area contributed by atoms with Crippen molar-refractivity contribution in [2.45, 2.75) is 44.6 Å². The van der Waals surface area contributed by atoms with Crippen molar-refractivity contribution in [3.8, 4) is 0 Å². The average molecular weight is 401 g/mol. The molecule has 3 rings (SSSR count). The Morgan fingerprint density at radius 1 is 1.18 bits per heavy atom. The van der Waals surface area contributed by atoms with Crippen LogP contribution in [0.4, 0.5) is 0 Å². The first-order valence-electron chi connectivity index (χ1n) is 10.1. The highest BCUT2D eigenvalue weighted by Crippen LogP contribution is 2.48. The highest BCUT2D eigenvalue weighted by Gasteiger charge is 2.44. The quantitative estimate of drug-likeness (QED) is 0.384. The average Bonchev–Trinajstić information content (AvgIpc) is 3.48. The maximum absolute atomic E-state index is 11.7. The van der Waals surface area contributed by atoms with E-state index < -0.39 is 0 Å². The van der Waals surface area contributed by atoms with E-state index in [1.54, 1.807) is 16.7 Å². The predicted octanol–water partition coefficient (Wildman–Crippen LogP) is 3.57. The Morgan fingerprint density at radius 2 is 2.04 bits per heavy atom. The first kappa shape index (κ1) is 20.5. The van der Waals surface area contributed by atoms with Crippen molar-refractivity contribution in [1.82, 2.24) is 15.2 Å². The maximum Gasteiger partial charge on any atom is 0.250 e. The normalized spacial score (nSPS) is 15.3. The van der Waals surface area contributed by atoms with Crippen molar-refractivity contribution in [3.05, 3.63) is 69.6 Å². The van der Waals surface area contributed by atoms with Crippen molar-refractivity contribution in [2.75, 3.05) is 19.6 Å². The monoisotopic (exact) mass is 400 g/mol. The molecule has 0 spiro atoms. The fraction of sp³-hybridized carbons (Fsp3) is 0.455. The summed E-state index contributed by atoms with van der Waals surface area (Å²) in [5.41, 5.74) is 1.48. The molecule has 1 heterocycles. The van der Waals surface area contributed by atoms with Crippen molar-refractivity contribution in [1.29, 1.82) is 0 Å². The van der Waals surface area contributed by atoms with Gasteiger partial charge in [-0.05, 0) is 56.4 Å². The van der Waals surface area contributed by atoms with E-state index in [-0.39, 0.29) is 11.0 Å². The van der Waals surface area contributed by atoms with Gasteiger partial charge in [0.05, 0.1) is 6.54 Å². The molecule has 0 unspecified atom stereocenters. The lowest BCUT2D eigenvalue weighted by molar-refractivity contribution is 0.585. The van der Waals surface area contributed by atoms with E-state index >= 15 is 0 Å². The zero-order chi connectivity index (χ0) is 19.8. The largest absolute Gasteiger partial charge is 0.357 e. The molecule has 1 fully saturated rings. The minimum Gasteiger partial charge on any atom is -0.357 e. The molecule has 1 aromatic carbocycles. The molecule has 0 amide bonds. The van der Waals surface area contributed by atoms with Crippen LogP contribution in [0.5, 0.6) is 0 Å². The molecular formula is C22H29ClN4O.